The maximum atomic E-state index is 14.6. The van der Waals surface area contributed by atoms with E-state index in [4.69, 9.17) is 16.3 Å². The fourth-order valence-electron chi connectivity index (χ4n) is 2.67. The van der Waals surface area contributed by atoms with Crippen LogP contribution >= 0.6 is 11.6 Å². The minimum absolute atomic E-state index is 0.0435. The predicted molar refractivity (Wildman–Crippen MR) is 97.4 cm³/mol. The Hall–Kier alpha value is -2.09. The lowest BCUT2D eigenvalue weighted by Gasteiger charge is -2.28. The number of aromatic nitrogens is 2. The molecule has 0 N–H and O–H groups in total. The number of carbonyl (C=O) groups is 1. The molecule has 0 aliphatic heterocycles. The highest BCUT2D eigenvalue weighted by Crippen LogP contribution is 2.40. The second-order valence-corrected chi connectivity index (χ2v) is 7.27. The lowest BCUT2D eigenvalue weighted by atomic mass is 9.85. The largest absolute Gasteiger partial charge is 0.461 e. The van der Waals surface area contributed by atoms with Crippen molar-refractivity contribution in [3.8, 4) is 5.69 Å². The highest BCUT2D eigenvalue weighted by molar-refractivity contribution is 6.32. The minimum atomic E-state index is -4.46. The summed E-state index contributed by atoms with van der Waals surface area (Å²) >= 11 is 6.26. The number of benzene rings is 1. The molecule has 0 atom stereocenters. The number of aryl methyl sites for hydroxylation is 1. The zero-order valence-corrected chi connectivity index (χ0v) is 16.7. The van der Waals surface area contributed by atoms with Gasteiger partial charge in [0.2, 0.25) is 0 Å². The highest BCUT2D eigenvalue weighted by atomic mass is 35.5. The fourth-order valence-corrected chi connectivity index (χ4v) is 2.98. The van der Waals surface area contributed by atoms with Gasteiger partial charge >= 0.3 is 12.1 Å². The number of carbonyl (C=O) groups excluding carboxylic acids is 1. The highest BCUT2D eigenvalue weighted by Gasteiger charge is 2.47. The van der Waals surface area contributed by atoms with E-state index in [1.54, 1.807) is 13.8 Å². The molecule has 0 spiro atoms. The molecular weight excluding hydrogens is 400 g/mol. The van der Waals surface area contributed by atoms with Crippen molar-refractivity contribution in [1.82, 2.24) is 9.55 Å². The van der Waals surface area contributed by atoms with E-state index in [1.165, 1.54) is 16.7 Å². The zero-order valence-electron chi connectivity index (χ0n) is 16.0. The topological polar surface area (TPSA) is 44.1 Å². The van der Waals surface area contributed by atoms with Gasteiger partial charge in [0.15, 0.2) is 5.69 Å². The van der Waals surface area contributed by atoms with Crippen molar-refractivity contribution < 1.29 is 27.1 Å². The molecule has 0 amide bonds. The number of imidazole rings is 1. The lowest BCUT2D eigenvalue weighted by Crippen LogP contribution is -2.34. The summed E-state index contributed by atoms with van der Waals surface area (Å²) in [6.07, 6.45) is -4.58. The van der Waals surface area contributed by atoms with Crippen molar-refractivity contribution in [3.63, 3.8) is 0 Å². The molecule has 1 aromatic carbocycles. The van der Waals surface area contributed by atoms with Crippen molar-refractivity contribution >= 4 is 17.6 Å². The summed E-state index contributed by atoms with van der Waals surface area (Å²) in [4.78, 5) is 16.1. The Balaban J connectivity index is 2.45. The molecule has 0 saturated carbocycles. The average molecular weight is 421 g/mol. The Morgan fingerprint density at radius 3 is 2.39 bits per heavy atom. The van der Waals surface area contributed by atoms with Gasteiger partial charge in [-0.15, -0.1) is 0 Å². The minimum Gasteiger partial charge on any atom is -0.461 e. The van der Waals surface area contributed by atoms with Gasteiger partial charge in [-0.1, -0.05) is 38.4 Å². The number of halogens is 5. The van der Waals surface area contributed by atoms with E-state index in [1.807, 2.05) is 0 Å². The first-order valence-electron chi connectivity index (χ1n) is 8.72. The molecule has 1 aromatic heterocycles. The number of hydrogen-bond acceptors (Lipinski definition) is 3. The molecule has 0 radical (unpaired) electrons. The number of nitrogens with zero attached hydrogens (tertiary/aromatic N) is 2. The third-order valence-corrected chi connectivity index (χ3v) is 4.72. The van der Waals surface area contributed by atoms with E-state index in [2.05, 4.69) is 4.98 Å². The van der Waals surface area contributed by atoms with Crippen LogP contribution in [0.4, 0.5) is 17.6 Å². The van der Waals surface area contributed by atoms with Crippen LogP contribution < -0.4 is 0 Å². The number of ether oxygens (including phenoxy) is 1. The molecule has 2 rings (SSSR count). The summed E-state index contributed by atoms with van der Waals surface area (Å²) in [7, 11) is 0. The van der Waals surface area contributed by atoms with E-state index in [-0.39, 0.29) is 28.7 Å². The van der Waals surface area contributed by atoms with E-state index in [9.17, 15) is 22.4 Å². The van der Waals surface area contributed by atoms with Crippen LogP contribution in [0.15, 0.2) is 18.2 Å². The summed E-state index contributed by atoms with van der Waals surface area (Å²) in [6.45, 7) is 5.60. The van der Waals surface area contributed by atoms with Crippen molar-refractivity contribution in [2.24, 2.45) is 5.41 Å². The maximum Gasteiger partial charge on any atom is 0.394 e. The molecule has 1 heterocycles. The molecule has 154 valence electrons. The first-order chi connectivity index (χ1) is 12.9. The third-order valence-electron chi connectivity index (χ3n) is 4.37. The van der Waals surface area contributed by atoms with Crippen molar-refractivity contribution in [2.45, 2.75) is 46.7 Å². The molecular formula is C19H21ClF4N2O2. The number of hydrogen-bond donors (Lipinski definition) is 0. The van der Waals surface area contributed by atoms with Crippen molar-refractivity contribution in [3.05, 3.63) is 46.3 Å². The number of rotatable bonds is 6. The first-order valence-corrected chi connectivity index (χ1v) is 9.10. The summed E-state index contributed by atoms with van der Waals surface area (Å²) < 4.78 is 60.1. The van der Waals surface area contributed by atoms with Crippen LogP contribution in [0.25, 0.3) is 5.69 Å². The molecule has 0 aliphatic carbocycles. The van der Waals surface area contributed by atoms with Crippen LogP contribution in [-0.4, -0.2) is 28.3 Å². The van der Waals surface area contributed by atoms with Gasteiger partial charge in [-0.05, 0) is 31.0 Å². The van der Waals surface area contributed by atoms with Gasteiger partial charge in [0, 0.05) is 6.42 Å². The molecule has 4 nitrogen and oxygen atoms in total. The van der Waals surface area contributed by atoms with Gasteiger partial charge in [-0.25, -0.2) is 14.2 Å². The molecule has 2 aromatic rings. The maximum absolute atomic E-state index is 14.6. The van der Waals surface area contributed by atoms with Gasteiger partial charge in [0.1, 0.15) is 16.8 Å². The van der Waals surface area contributed by atoms with Crippen LogP contribution in [0.1, 0.15) is 49.6 Å². The molecule has 28 heavy (non-hydrogen) atoms. The van der Waals surface area contributed by atoms with Crippen LogP contribution in [0.2, 0.25) is 5.15 Å². The van der Waals surface area contributed by atoms with Crippen LogP contribution in [0, 0.1) is 11.2 Å². The van der Waals surface area contributed by atoms with Gasteiger partial charge in [-0.2, -0.15) is 13.2 Å². The monoisotopic (exact) mass is 420 g/mol. The zero-order chi connectivity index (χ0) is 21.3. The van der Waals surface area contributed by atoms with Gasteiger partial charge < -0.3 is 4.74 Å². The van der Waals surface area contributed by atoms with E-state index in [0.29, 0.717) is 12.2 Å². The SMILES string of the molecule is CCOC(=O)c1nc(CC)n(-c2ccc(CC(C)(C)C(F)(F)F)c(F)c2)c1Cl. The van der Waals surface area contributed by atoms with E-state index in [0.717, 1.165) is 19.9 Å². The van der Waals surface area contributed by atoms with Gasteiger partial charge in [0.25, 0.3) is 0 Å². The Morgan fingerprint density at radius 1 is 1.25 bits per heavy atom. The van der Waals surface area contributed by atoms with Crippen molar-refractivity contribution in [1.29, 1.82) is 0 Å². The van der Waals surface area contributed by atoms with Gasteiger partial charge in [-0.3, -0.25) is 4.57 Å². The quantitative estimate of drug-likeness (QED) is 0.455. The van der Waals surface area contributed by atoms with E-state index < -0.39 is 29.8 Å². The number of esters is 1. The molecule has 0 aliphatic rings. The lowest BCUT2D eigenvalue weighted by molar-refractivity contribution is -0.211. The molecule has 9 heteroatoms. The van der Waals surface area contributed by atoms with Crippen molar-refractivity contribution in [2.75, 3.05) is 6.61 Å². The normalized spacial score (nSPS) is 12.3. The Labute approximate surface area is 165 Å². The predicted octanol–water partition coefficient (Wildman–Crippen LogP) is 5.53. The van der Waals surface area contributed by atoms with Gasteiger partial charge in [0.05, 0.1) is 17.7 Å². The molecule has 0 saturated heterocycles. The Bertz CT molecular complexity index is 876. The molecule has 0 bridgehead atoms. The van der Waals surface area contributed by atoms with Crippen LogP contribution in [-0.2, 0) is 17.6 Å². The first kappa shape index (κ1) is 22.2. The summed E-state index contributed by atoms with van der Waals surface area (Å²) in [5, 5.41) is -0.0435. The van der Waals surface area contributed by atoms with E-state index >= 15 is 0 Å². The Kier molecular flexibility index (Phi) is 6.43. The summed E-state index contributed by atoms with van der Waals surface area (Å²) in [6, 6.07) is 3.83. The van der Waals surface area contributed by atoms with Crippen LogP contribution in [0.3, 0.4) is 0 Å². The fraction of sp³-hybridized carbons (Fsp3) is 0.474. The summed E-state index contributed by atoms with van der Waals surface area (Å²) in [5.74, 6) is -1.10. The summed E-state index contributed by atoms with van der Waals surface area (Å²) in [5.41, 5.74) is -1.97. The van der Waals surface area contributed by atoms with Crippen LogP contribution in [0.5, 0.6) is 0 Å². The standard InChI is InChI=1S/C19H21ClF4N2O2/c1-5-14-25-15(17(27)28-6-2)16(20)26(14)12-8-7-11(13(21)9-12)10-18(3,4)19(22,23)24/h7-9H,5-6,10H2,1-4H3. The second-order valence-electron chi connectivity index (χ2n) is 6.91. The number of alkyl halides is 3. The molecule has 0 unspecified atom stereocenters. The third kappa shape index (κ3) is 4.32. The smallest absolute Gasteiger partial charge is 0.394 e. The Morgan fingerprint density at radius 2 is 1.89 bits per heavy atom. The molecule has 0 fully saturated rings. The second kappa shape index (κ2) is 8.11. The average Bonchev–Trinajstić information content (AvgIpc) is 2.92.